The fraction of sp³-hybridized carbons (Fsp3) is 0.467. The average molecular weight is 968 g/mol. The molecule has 0 aliphatic heterocycles. The second-order valence-electron chi connectivity index (χ2n) is 9.46. The first-order valence-electron chi connectivity index (χ1n) is 14.5. The summed E-state index contributed by atoms with van der Waals surface area (Å²) in [5.74, 6) is -2.84. The van der Waals surface area contributed by atoms with E-state index in [4.69, 9.17) is 37.9 Å². The molecule has 278 valence electrons. The largest absolute Gasteiger partial charge is 0.460 e. The van der Waals surface area contributed by atoms with Crippen LogP contribution in [0.1, 0.15) is 34.6 Å². The normalized spacial score (nSPS) is 10.4. The van der Waals surface area contributed by atoms with Crippen LogP contribution in [0, 0.1) is 0 Å². The standard InChI is InChI=1S/C30H36Br4N2O14/c1-17(2)25(37)45-7-5-35-29(41)49-15-11-43-9-13-47-27(39)19-20(22(32)24(34)23(33)21(19)31)28(40)48-14-10-44-12-16-50-30(42)36-6-8-46-26(38)18(3)4/h1,3,5-16H2,2,4H3,(H,35,41)(H,36,42). The summed E-state index contributed by atoms with van der Waals surface area (Å²) in [6, 6.07) is 0. The van der Waals surface area contributed by atoms with Crippen molar-refractivity contribution in [2.75, 3.05) is 79.2 Å². The number of amides is 2. The fourth-order valence-electron chi connectivity index (χ4n) is 3.08. The Morgan fingerprint density at radius 3 is 1.12 bits per heavy atom. The number of carbonyl (C=O) groups is 6. The zero-order valence-electron chi connectivity index (χ0n) is 27.1. The van der Waals surface area contributed by atoms with Gasteiger partial charge in [0.05, 0.1) is 50.6 Å². The Balaban J connectivity index is 2.45. The van der Waals surface area contributed by atoms with Gasteiger partial charge in [-0.1, -0.05) is 13.2 Å². The molecule has 2 amide bonds. The van der Waals surface area contributed by atoms with Crippen LogP contribution < -0.4 is 10.6 Å². The van der Waals surface area contributed by atoms with Gasteiger partial charge in [-0.15, -0.1) is 0 Å². The van der Waals surface area contributed by atoms with E-state index in [0.29, 0.717) is 8.95 Å². The van der Waals surface area contributed by atoms with Crippen molar-refractivity contribution in [3.05, 3.63) is 53.3 Å². The number of halogens is 4. The van der Waals surface area contributed by atoms with E-state index in [1.165, 1.54) is 13.8 Å². The van der Waals surface area contributed by atoms with Crippen molar-refractivity contribution in [1.29, 1.82) is 0 Å². The molecule has 50 heavy (non-hydrogen) atoms. The van der Waals surface area contributed by atoms with Gasteiger partial charge in [0.15, 0.2) is 0 Å². The second kappa shape index (κ2) is 25.0. The lowest BCUT2D eigenvalue weighted by molar-refractivity contribution is -0.139. The van der Waals surface area contributed by atoms with E-state index in [-0.39, 0.29) is 110 Å². The summed E-state index contributed by atoms with van der Waals surface area (Å²) < 4.78 is 42.1. The van der Waals surface area contributed by atoms with Crippen LogP contribution in [-0.2, 0) is 47.5 Å². The Labute approximate surface area is 321 Å². The summed E-state index contributed by atoms with van der Waals surface area (Å²) >= 11 is 13.3. The van der Waals surface area contributed by atoms with E-state index in [1.54, 1.807) is 0 Å². The number of ether oxygens (including phenoxy) is 8. The van der Waals surface area contributed by atoms with Crippen molar-refractivity contribution < 1.29 is 66.7 Å². The molecule has 0 bridgehead atoms. The van der Waals surface area contributed by atoms with Crippen LogP contribution in [0.25, 0.3) is 0 Å². The van der Waals surface area contributed by atoms with Crippen LogP contribution >= 0.6 is 63.7 Å². The Morgan fingerprint density at radius 2 is 0.800 bits per heavy atom. The van der Waals surface area contributed by atoms with Crippen molar-refractivity contribution in [3.8, 4) is 0 Å². The maximum atomic E-state index is 13.0. The highest BCUT2D eigenvalue weighted by atomic mass is 79.9. The van der Waals surface area contributed by atoms with Crippen molar-refractivity contribution in [1.82, 2.24) is 10.6 Å². The summed E-state index contributed by atoms with van der Waals surface area (Å²) in [6.07, 6.45) is -1.47. The highest BCUT2D eigenvalue weighted by molar-refractivity contribution is 9.15. The first-order chi connectivity index (χ1) is 23.7. The number of carbonyl (C=O) groups excluding carboxylic acids is 6. The molecule has 0 atom stereocenters. The molecule has 0 radical (unpaired) electrons. The molecule has 0 unspecified atom stereocenters. The van der Waals surface area contributed by atoms with Crippen molar-refractivity contribution in [3.63, 3.8) is 0 Å². The van der Waals surface area contributed by atoms with Crippen molar-refractivity contribution in [2.24, 2.45) is 0 Å². The Hall–Kier alpha value is -3.04. The topological polar surface area (TPSA) is 200 Å². The molecule has 0 heterocycles. The summed E-state index contributed by atoms with van der Waals surface area (Å²) in [7, 11) is 0. The smallest absolute Gasteiger partial charge is 0.407 e. The third-order valence-electron chi connectivity index (χ3n) is 5.42. The van der Waals surface area contributed by atoms with Gasteiger partial charge < -0.3 is 48.5 Å². The van der Waals surface area contributed by atoms with E-state index < -0.39 is 36.1 Å². The minimum absolute atomic E-state index is 0.00242. The monoisotopic (exact) mass is 964 g/mol. The summed E-state index contributed by atoms with van der Waals surface area (Å²) in [5, 5.41) is 4.80. The molecule has 1 aromatic carbocycles. The van der Waals surface area contributed by atoms with Gasteiger partial charge in [0, 0.05) is 29.0 Å². The van der Waals surface area contributed by atoms with Gasteiger partial charge in [-0.05, 0) is 77.6 Å². The Bertz CT molecular complexity index is 1300. The minimum Gasteiger partial charge on any atom is -0.460 e. The van der Waals surface area contributed by atoms with Crippen LogP contribution in [0.5, 0.6) is 0 Å². The second-order valence-corrected chi connectivity index (χ2v) is 12.6. The number of alkyl carbamates (subject to hydrolysis) is 2. The zero-order chi connectivity index (χ0) is 37.6. The predicted octanol–water partition coefficient (Wildman–Crippen LogP) is 4.77. The maximum absolute atomic E-state index is 13.0. The molecule has 2 N–H and O–H groups in total. The molecule has 1 rings (SSSR count). The van der Waals surface area contributed by atoms with E-state index in [9.17, 15) is 28.8 Å². The molecule has 1 aromatic rings. The van der Waals surface area contributed by atoms with Gasteiger partial charge >= 0.3 is 36.1 Å². The zero-order valence-corrected chi connectivity index (χ0v) is 33.5. The molecule has 0 saturated heterocycles. The molecule has 0 aromatic heterocycles. The Kier molecular flexibility index (Phi) is 22.5. The highest BCUT2D eigenvalue weighted by Crippen LogP contribution is 2.42. The maximum Gasteiger partial charge on any atom is 0.407 e. The first-order valence-corrected chi connectivity index (χ1v) is 17.7. The van der Waals surface area contributed by atoms with Gasteiger partial charge in [0.25, 0.3) is 0 Å². The third-order valence-corrected chi connectivity index (χ3v) is 10.2. The molecule has 0 spiro atoms. The van der Waals surface area contributed by atoms with E-state index >= 15 is 0 Å². The number of hydrogen-bond donors (Lipinski definition) is 2. The summed E-state index contributed by atoms with van der Waals surface area (Å²) in [4.78, 5) is 72.0. The van der Waals surface area contributed by atoms with E-state index in [0.717, 1.165) is 0 Å². The highest BCUT2D eigenvalue weighted by Gasteiger charge is 2.30. The Morgan fingerprint density at radius 1 is 0.480 bits per heavy atom. The predicted molar refractivity (Wildman–Crippen MR) is 190 cm³/mol. The van der Waals surface area contributed by atoms with Crippen LogP contribution in [0.2, 0.25) is 0 Å². The first kappa shape index (κ1) is 45.0. The van der Waals surface area contributed by atoms with Gasteiger partial charge in [-0.25, -0.2) is 28.8 Å². The van der Waals surface area contributed by atoms with Crippen LogP contribution in [0.3, 0.4) is 0 Å². The van der Waals surface area contributed by atoms with Gasteiger partial charge in [-0.3, -0.25) is 0 Å². The summed E-state index contributed by atoms with van der Waals surface area (Å²) in [5.41, 5.74) is 0.235. The van der Waals surface area contributed by atoms with Crippen LogP contribution in [0.15, 0.2) is 42.2 Å². The number of rotatable bonds is 22. The third kappa shape index (κ3) is 17.3. The quantitative estimate of drug-likeness (QED) is 0.0402. The SMILES string of the molecule is C=C(C)C(=O)OCCNC(=O)OCCOCCOC(=O)c1c(Br)c(Br)c(Br)c(Br)c1C(=O)OCCOCCOC(=O)NCCOC(=O)C(=C)C. The average Bonchev–Trinajstić information content (AvgIpc) is 3.07. The lowest BCUT2D eigenvalue weighted by Crippen LogP contribution is -2.29. The number of hydrogen-bond acceptors (Lipinski definition) is 14. The lowest BCUT2D eigenvalue weighted by Gasteiger charge is -2.16. The molecule has 0 saturated carbocycles. The van der Waals surface area contributed by atoms with Crippen LogP contribution in [-0.4, -0.2) is 115 Å². The minimum atomic E-state index is -0.857. The lowest BCUT2D eigenvalue weighted by atomic mass is 10.1. The van der Waals surface area contributed by atoms with Crippen LogP contribution in [0.4, 0.5) is 9.59 Å². The molecule has 0 aliphatic carbocycles. The molecule has 0 fully saturated rings. The van der Waals surface area contributed by atoms with Gasteiger partial charge in [-0.2, -0.15) is 0 Å². The molecule has 20 heteroatoms. The fourth-order valence-corrected chi connectivity index (χ4v) is 5.52. The molecule has 0 aliphatic rings. The molecular formula is C30H36Br4N2O14. The van der Waals surface area contributed by atoms with Gasteiger partial charge in [0.1, 0.15) is 39.6 Å². The van der Waals surface area contributed by atoms with Crippen molar-refractivity contribution >= 4 is 99.8 Å². The summed E-state index contributed by atoms with van der Waals surface area (Å²) in [6.45, 7) is 9.25. The van der Waals surface area contributed by atoms with Crippen molar-refractivity contribution in [2.45, 2.75) is 13.8 Å². The number of nitrogens with one attached hydrogen (secondary N) is 2. The molecule has 16 nitrogen and oxygen atoms in total. The van der Waals surface area contributed by atoms with E-state index in [2.05, 4.69) is 87.5 Å². The number of esters is 4. The number of benzene rings is 1. The van der Waals surface area contributed by atoms with E-state index in [1.807, 2.05) is 0 Å². The molecular weight excluding hydrogens is 932 g/mol. The van der Waals surface area contributed by atoms with Gasteiger partial charge in [0.2, 0.25) is 0 Å².